The Hall–Kier alpha value is -2.43. The molecule has 3 rings (SSSR count). The quantitative estimate of drug-likeness (QED) is 0.538. The predicted molar refractivity (Wildman–Crippen MR) is 87.3 cm³/mol. The van der Waals surface area contributed by atoms with Gasteiger partial charge in [0.2, 0.25) is 0 Å². The van der Waals surface area contributed by atoms with Gasteiger partial charge in [-0.2, -0.15) is 5.26 Å². The van der Waals surface area contributed by atoms with Gasteiger partial charge in [0.15, 0.2) is 11.2 Å². The second-order valence-corrected chi connectivity index (χ2v) is 6.11. The van der Waals surface area contributed by atoms with E-state index < -0.39 is 5.82 Å². The van der Waals surface area contributed by atoms with E-state index >= 15 is 0 Å². The molecule has 0 fully saturated rings. The molecule has 0 radical (unpaired) electrons. The first-order valence-electron chi connectivity index (χ1n) is 6.58. The third-order valence-corrected chi connectivity index (χ3v) is 4.52. The normalized spacial score (nSPS) is 10.7. The van der Waals surface area contributed by atoms with Gasteiger partial charge in [-0.05, 0) is 25.1 Å². The maximum Gasteiger partial charge on any atom is 0.259 e. The van der Waals surface area contributed by atoms with E-state index in [-0.39, 0.29) is 17.1 Å². The Morgan fingerprint density at radius 3 is 2.96 bits per heavy atom. The molecule has 0 aliphatic carbocycles. The smallest absolute Gasteiger partial charge is 0.259 e. The van der Waals surface area contributed by atoms with Crippen molar-refractivity contribution in [2.24, 2.45) is 0 Å². The van der Waals surface area contributed by atoms with Crippen molar-refractivity contribution in [3.05, 3.63) is 62.2 Å². The molecule has 0 unspecified atom stereocenters. The molecule has 3 aromatic rings. The predicted octanol–water partition coefficient (Wildman–Crippen LogP) is 3.34. The molecule has 0 aliphatic rings. The van der Waals surface area contributed by atoms with Crippen molar-refractivity contribution >= 4 is 33.6 Å². The molecule has 8 heteroatoms. The molecule has 2 aromatic heterocycles. The highest BCUT2D eigenvalue weighted by molar-refractivity contribution is 7.15. The summed E-state index contributed by atoms with van der Waals surface area (Å²) in [6, 6.07) is 5.39. The first-order valence-corrected chi connectivity index (χ1v) is 7.84. The minimum Gasteiger partial charge on any atom is -0.273 e. The lowest BCUT2D eigenvalue weighted by molar-refractivity contribution is 0.628. The summed E-state index contributed by atoms with van der Waals surface area (Å²) < 4.78 is 14.7. The maximum absolute atomic E-state index is 13.2. The summed E-state index contributed by atoms with van der Waals surface area (Å²) in [6.07, 6.45) is 1.99. The summed E-state index contributed by atoms with van der Waals surface area (Å²) in [6.45, 7) is 1.93. The molecule has 0 N–H and O–H groups in total. The number of anilines is 1. The highest BCUT2D eigenvalue weighted by atomic mass is 35.5. The first kappa shape index (κ1) is 15.5. The Morgan fingerprint density at radius 1 is 1.48 bits per heavy atom. The zero-order valence-corrected chi connectivity index (χ0v) is 13.5. The largest absolute Gasteiger partial charge is 0.273 e. The van der Waals surface area contributed by atoms with Crippen molar-refractivity contribution in [1.29, 1.82) is 5.26 Å². The lowest BCUT2D eigenvalue weighted by Crippen LogP contribution is -2.21. The van der Waals surface area contributed by atoms with E-state index in [0.29, 0.717) is 16.3 Å². The van der Waals surface area contributed by atoms with Gasteiger partial charge >= 0.3 is 0 Å². The lowest BCUT2D eigenvalue weighted by atomic mass is 10.2. The van der Waals surface area contributed by atoms with Crippen LogP contribution in [0.4, 0.5) is 10.1 Å². The van der Waals surface area contributed by atoms with Crippen LogP contribution >= 0.6 is 22.9 Å². The number of nitriles is 1. The fourth-order valence-electron chi connectivity index (χ4n) is 2.18. The van der Waals surface area contributed by atoms with Gasteiger partial charge in [0.05, 0.1) is 22.9 Å². The van der Waals surface area contributed by atoms with Crippen LogP contribution in [0.15, 0.2) is 34.4 Å². The van der Waals surface area contributed by atoms with Crippen molar-refractivity contribution in [3.8, 4) is 6.19 Å². The molecule has 0 amide bonds. The van der Waals surface area contributed by atoms with Gasteiger partial charge in [-0.1, -0.05) is 11.6 Å². The van der Waals surface area contributed by atoms with Crippen LogP contribution in [0.1, 0.15) is 11.4 Å². The fraction of sp³-hybridized carbons (Fsp3) is 0.133. The number of fused-ring (bicyclic) bond motifs is 1. The summed E-state index contributed by atoms with van der Waals surface area (Å²) in [4.78, 5) is 18.4. The summed E-state index contributed by atoms with van der Waals surface area (Å²) >= 11 is 7.10. The Bertz CT molecular complexity index is 991. The molecule has 23 heavy (non-hydrogen) atoms. The van der Waals surface area contributed by atoms with E-state index in [1.165, 1.54) is 44.9 Å². The zero-order chi connectivity index (χ0) is 16.6. The van der Waals surface area contributed by atoms with Gasteiger partial charge in [-0.25, -0.2) is 9.37 Å². The molecule has 1 aromatic carbocycles. The van der Waals surface area contributed by atoms with Crippen LogP contribution in [0.25, 0.3) is 4.96 Å². The molecule has 0 atom stereocenters. The first-order chi connectivity index (χ1) is 11.0. The Balaban J connectivity index is 1.97. The molecule has 0 saturated carbocycles. The van der Waals surface area contributed by atoms with Crippen molar-refractivity contribution in [2.75, 3.05) is 4.90 Å². The van der Waals surface area contributed by atoms with Crippen molar-refractivity contribution in [3.63, 3.8) is 0 Å². The topological polar surface area (TPSA) is 61.4 Å². The van der Waals surface area contributed by atoms with Crippen LogP contribution in [0, 0.1) is 24.2 Å². The monoisotopic (exact) mass is 348 g/mol. The SMILES string of the molecule is Cc1csc2nc(CN(C#N)c3ccc(F)c(Cl)c3)cc(=O)n12. The molecular formula is C15H10ClFN4OS. The second kappa shape index (κ2) is 5.99. The lowest BCUT2D eigenvalue weighted by Gasteiger charge is -2.15. The number of benzene rings is 1. The van der Waals surface area contributed by atoms with Crippen molar-refractivity contribution in [2.45, 2.75) is 13.5 Å². The Labute approximate surface area is 139 Å². The molecule has 0 bridgehead atoms. The van der Waals surface area contributed by atoms with E-state index in [1.54, 1.807) is 0 Å². The number of rotatable bonds is 3. The van der Waals surface area contributed by atoms with Crippen LogP contribution in [0.2, 0.25) is 5.02 Å². The molecule has 0 saturated heterocycles. The molecule has 2 heterocycles. The van der Waals surface area contributed by atoms with Crippen molar-refractivity contribution in [1.82, 2.24) is 9.38 Å². The minimum absolute atomic E-state index is 0.0693. The number of nitrogens with zero attached hydrogens (tertiary/aromatic N) is 4. The molecule has 0 aliphatic heterocycles. The van der Waals surface area contributed by atoms with E-state index in [9.17, 15) is 14.4 Å². The van der Waals surface area contributed by atoms with E-state index in [1.807, 2.05) is 18.5 Å². The summed E-state index contributed by atoms with van der Waals surface area (Å²) in [5, 5.41) is 11.1. The maximum atomic E-state index is 13.2. The highest BCUT2D eigenvalue weighted by Gasteiger charge is 2.12. The highest BCUT2D eigenvalue weighted by Crippen LogP contribution is 2.23. The molecular weight excluding hydrogens is 339 g/mol. The van der Waals surface area contributed by atoms with Crippen molar-refractivity contribution < 1.29 is 4.39 Å². The van der Waals surface area contributed by atoms with Gasteiger partial charge in [0.1, 0.15) is 5.82 Å². The van der Waals surface area contributed by atoms with Gasteiger partial charge < -0.3 is 0 Å². The summed E-state index contributed by atoms with van der Waals surface area (Å²) in [5.74, 6) is -0.555. The fourth-order valence-corrected chi connectivity index (χ4v) is 3.25. The number of halogens is 2. The van der Waals surface area contributed by atoms with Gasteiger partial charge in [0, 0.05) is 17.1 Å². The molecule has 0 spiro atoms. The number of aryl methyl sites for hydroxylation is 1. The van der Waals surface area contributed by atoms with Crippen LogP contribution in [-0.4, -0.2) is 9.38 Å². The third-order valence-electron chi connectivity index (χ3n) is 3.28. The minimum atomic E-state index is -0.555. The van der Waals surface area contributed by atoms with Gasteiger partial charge in [-0.15, -0.1) is 11.3 Å². The molecule has 5 nitrogen and oxygen atoms in total. The summed E-state index contributed by atoms with van der Waals surface area (Å²) in [7, 11) is 0. The number of hydrogen-bond donors (Lipinski definition) is 0. The number of hydrogen-bond acceptors (Lipinski definition) is 5. The zero-order valence-electron chi connectivity index (χ0n) is 12.0. The van der Waals surface area contributed by atoms with E-state index in [4.69, 9.17) is 11.6 Å². The van der Waals surface area contributed by atoms with Crippen LogP contribution in [0.3, 0.4) is 0 Å². The molecule has 116 valence electrons. The van der Waals surface area contributed by atoms with Crippen LogP contribution in [-0.2, 0) is 6.54 Å². The summed E-state index contributed by atoms with van der Waals surface area (Å²) in [5.41, 5.74) is 1.51. The average molecular weight is 349 g/mol. The van der Waals surface area contributed by atoms with Gasteiger partial charge in [-0.3, -0.25) is 14.1 Å². The van der Waals surface area contributed by atoms with E-state index in [0.717, 1.165) is 5.69 Å². The van der Waals surface area contributed by atoms with Crippen LogP contribution in [0.5, 0.6) is 0 Å². The third kappa shape index (κ3) is 2.91. The van der Waals surface area contributed by atoms with Gasteiger partial charge in [0.25, 0.3) is 5.56 Å². The Kier molecular flexibility index (Phi) is 4.03. The van der Waals surface area contributed by atoms with E-state index in [2.05, 4.69) is 4.98 Å². The van der Waals surface area contributed by atoms with Crippen LogP contribution < -0.4 is 10.5 Å². The standard InChI is InChI=1S/C15H10ClFN4OS/c1-9-7-23-15-19-10(4-14(22)21(9)15)6-20(8-18)11-2-3-13(17)12(16)5-11/h2-5,7H,6H2,1H3. The number of thiazole rings is 1. The second-order valence-electron chi connectivity index (χ2n) is 4.87. The number of aromatic nitrogens is 2. The average Bonchev–Trinajstić information content (AvgIpc) is 2.89. The Morgan fingerprint density at radius 2 is 2.26 bits per heavy atom.